The van der Waals surface area contributed by atoms with Crippen LogP contribution in [0.5, 0.6) is 5.75 Å². The van der Waals surface area contributed by atoms with Crippen LogP contribution in [-0.2, 0) is 29.5 Å². The third-order valence-corrected chi connectivity index (χ3v) is 9.98. The average molecular weight is 569 g/mol. The van der Waals surface area contributed by atoms with Crippen LogP contribution in [0.15, 0.2) is 59.4 Å². The molecule has 220 valence electrons. The van der Waals surface area contributed by atoms with Crippen molar-refractivity contribution in [2.45, 2.75) is 69.9 Å². The van der Waals surface area contributed by atoms with Crippen molar-refractivity contribution in [2.75, 3.05) is 13.1 Å². The van der Waals surface area contributed by atoms with Crippen molar-refractivity contribution in [2.24, 2.45) is 17.6 Å². The fourth-order valence-electron chi connectivity index (χ4n) is 7.48. The second kappa shape index (κ2) is 11.1. The van der Waals surface area contributed by atoms with E-state index in [2.05, 4.69) is 29.0 Å². The van der Waals surface area contributed by atoms with Gasteiger partial charge in [0, 0.05) is 30.1 Å². The Morgan fingerprint density at radius 1 is 1.17 bits per heavy atom. The minimum atomic E-state index is -0.939. The summed E-state index contributed by atoms with van der Waals surface area (Å²) in [6.45, 7) is 6.48. The van der Waals surface area contributed by atoms with Crippen molar-refractivity contribution in [3.05, 3.63) is 98.5 Å². The molecule has 1 aromatic heterocycles. The van der Waals surface area contributed by atoms with Gasteiger partial charge < -0.3 is 26.0 Å². The van der Waals surface area contributed by atoms with Gasteiger partial charge in [-0.05, 0) is 105 Å². The number of hydrogen-bond acceptors (Lipinski definition) is 5. The number of nitrogens with zero attached hydrogens (tertiary/aromatic N) is 1. The van der Waals surface area contributed by atoms with E-state index in [1.165, 1.54) is 12.8 Å². The molecule has 0 radical (unpaired) electrons. The summed E-state index contributed by atoms with van der Waals surface area (Å²) in [5, 5.41) is 13.2. The summed E-state index contributed by atoms with van der Waals surface area (Å²) in [4.78, 5) is 44.6. The number of primary amides is 1. The molecule has 3 aromatic rings. The summed E-state index contributed by atoms with van der Waals surface area (Å²) >= 11 is 0. The number of fused-ring (bicyclic) bond motifs is 2. The van der Waals surface area contributed by atoms with Gasteiger partial charge in [0.05, 0.1) is 0 Å². The summed E-state index contributed by atoms with van der Waals surface area (Å²) in [5.41, 5.74) is 9.84. The highest BCUT2D eigenvalue weighted by Crippen LogP contribution is 2.51. The Kier molecular flexibility index (Phi) is 7.43. The van der Waals surface area contributed by atoms with Crippen molar-refractivity contribution in [3.8, 4) is 5.75 Å². The predicted octanol–water partition coefficient (Wildman–Crippen LogP) is 3.37. The van der Waals surface area contributed by atoms with Gasteiger partial charge in [-0.3, -0.25) is 14.4 Å². The van der Waals surface area contributed by atoms with Crippen molar-refractivity contribution in [1.29, 1.82) is 0 Å². The van der Waals surface area contributed by atoms with E-state index in [-0.39, 0.29) is 29.1 Å². The van der Waals surface area contributed by atoms with E-state index in [1.807, 2.05) is 42.5 Å². The molecular weight excluding hydrogens is 528 g/mol. The Morgan fingerprint density at radius 2 is 1.93 bits per heavy atom. The average Bonchev–Trinajstić information content (AvgIpc) is 3.79. The number of carbonyl (C=O) groups is 2. The van der Waals surface area contributed by atoms with Gasteiger partial charge >= 0.3 is 0 Å². The van der Waals surface area contributed by atoms with E-state index in [0.717, 1.165) is 53.4 Å². The maximum atomic E-state index is 13.4. The summed E-state index contributed by atoms with van der Waals surface area (Å²) in [7, 11) is 0. The summed E-state index contributed by atoms with van der Waals surface area (Å²) in [6, 6.07) is 16.0. The minimum Gasteiger partial charge on any atom is -0.508 e. The predicted molar refractivity (Wildman–Crippen MR) is 161 cm³/mol. The lowest BCUT2D eigenvalue weighted by Gasteiger charge is -2.55. The molecule has 0 bridgehead atoms. The van der Waals surface area contributed by atoms with Crippen molar-refractivity contribution in [3.63, 3.8) is 0 Å². The number of phenolic OH excluding ortho intramolecular Hbond substituents is 1. The first-order valence-corrected chi connectivity index (χ1v) is 15.1. The van der Waals surface area contributed by atoms with Crippen LogP contribution in [0.1, 0.15) is 64.5 Å². The van der Waals surface area contributed by atoms with Gasteiger partial charge in [0.1, 0.15) is 17.4 Å². The van der Waals surface area contributed by atoms with Gasteiger partial charge in [-0.25, -0.2) is 0 Å². The van der Waals surface area contributed by atoms with Crippen LogP contribution in [0.25, 0.3) is 0 Å². The number of hydrogen-bond donors (Lipinski definition) is 4. The maximum absolute atomic E-state index is 13.4. The molecule has 2 amide bonds. The number of aryl methyl sites for hydroxylation is 1. The zero-order valence-corrected chi connectivity index (χ0v) is 24.4. The fraction of sp³-hybridized carbons (Fsp3) is 0.441. The Morgan fingerprint density at radius 3 is 2.64 bits per heavy atom. The molecule has 4 atom stereocenters. The first kappa shape index (κ1) is 28.2. The minimum absolute atomic E-state index is 0.00704. The van der Waals surface area contributed by atoms with Crippen LogP contribution in [0.2, 0.25) is 0 Å². The number of carbonyl (C=O) groups excluding carboxylic acids is 2. The highest BCUT2D eigenvalue weighted by molar-refractivity contribution is 5.97. The largest absolute Gasteiger partial charge is 0.508 e. The zero-order valence-electron chi connectivity index (χ0n) is 24.4. The molecule has 2 heterocycles. The van der Waals surface area contributed by atoms with Crippen LogP contribution in [0.3, 0.4) is 0 Å². The molecule has 3 aliphatic rings. The molecule has 1 saturated carbocycles. The van der Waals surface area contributed by atoms with E-state index in [4.69, 9.17) is 5.73 Å². The van der Waals surface area contributed by atoms with E-state index in [0.29, 0.717) is 18.9 Å². The number of aromatic nitrogens is 1. The van der Waals surface area contributed by atoms with Gasteiger partial charge in [0.25, 0.3) is 11.5 Å². The van der Waals surface area contributed by atoms with E-state index < -0.39 is 23.4 Å². The normalized spacial score (nSPS) is 24.3. The van der Waals surface area contributed by atoms with E-state index in [9.17, 15) is 19.5 Å². The molecule has 8 heteroatoms. The highest BCUT2D eigenvalue weighted by atomic mass is 16.3. The molecule has 0 unspecified atom stereocenters. The van der Waals surface area contributed by atoms with Gasteiger partial charge in [-0.2, -0.15) is 0 Å². The van der Waals surface area contributed by atoms with Crippen LogP contribution in [-0.4, -0.2) is 52.0 Å². The molecule has 2 aliphatic carbocycles. The quantitative estimate of drug-likeness (QED) is 0.331. The number of nitrogens with two attached hydrogens (primary N) is 1. The van der Waals surface area contributed by atoms with Gasteiger partial charge in [0.2, 0.25) is 5.91 Å². The molecule has 42 heavy (non-hydrogen) atoms. The van der Waals surface area contributed by atoms with Crippen LogP contribution in [0.4, 0.5) is 0 Å². The molecule has 5 N–H and O–H groups in total. The van der Waals surface area contributed by atoms with Crippen LogP contribution in [0, 0.1) is 18.8 Å². The number of aromatic hydroxyl groups is 1. The lowest BCUT2D eigenvalue weighted by atomic mass is 9.55. The molecule has 0 spiro atoms. The van der Waals surface area contributed by atoms with Gasteiger partial charge in [-0.1, -0.05) is 36.4 Å². The molecule has 2 aromatic carbocycles. The van der Waals surface area contributed by atoms with E-state index in [1.54, 1.807) is 12.1 Å². The molecule has 1 saturated heterocycles. The Balaban J connectivity index is 1.33. The molecule has 6 rings (SSSR count). The maximum Gasteiger partial charge on any atom is 0.261 e. The van der Waals surface area contributed by atoms with Crippen LogP contribution >= 0.6 is 0 Å². The third kappa shape index (κ3) is 5.36. The number of piperidine rings is 1. The number of rotatable bonds is 8. The highest BCUT2D eigenvalue weighted by Gasteiger charge is 2.51. The number of nitrogens with one attached hydrogen (secondary N) is 2. The fourth-order valence-corrected chi connectivity index (χ4v) is 7.48. The first-order valence-electron chi connectivity index (χ1n) is 15.1. The standard InChI is InChI=1S/C34H40N4O4/c1-20-8-11-25(39)17-27(20)34-12-13-38(19-23-9-10-23)21(2)28(34)16-24-15-26(33(42)37-30(24)18-34)32(41)36-29(31(35)40)14-22-6-4-3-5-7-22/h3-8,11,15,17,21,23,28-29,39H,9-10,12-14,16,18-19H2,1-2H3,(H2,35,40)(H,36,41)(H,37,42)/t21-,28+,29+,34-/m1/s1. The van der Waals surface area contributed by atoms with Gasteiger partial charge in [-0.15, -0.1) is 0 Å². The molecule has 1 aliphatic heterocycles. The first-order chi connectivity index (χ1) is 20.1. The number of pyridine rings is 1. The second-order valence-electron chi connectivity index (χ2n) is 12.7. The van der Waals surface area contributed by atoms with Gasteiger partial charge in [0.15, 0.2) is 0 Å². The topological polar surface area (TPSA) is 129 Å². The SMILES string of the molecule is Cc1ccc(O)cc1[C@]12CCN(CC3CC3)[C@H](C)[C@@H]1Cc1cc(C(=O)N[C@@H](Cc3ccccc3)C(N)=O)c(=O)[nH]c1C2. The van der Waals surface area contributed by atoms with Crippen molar-refractivity contribution >= 4 is 11.8 Å². The number of benzene rings is 2. The zero-order chi connectivity index (χ0) is 29.6. The Hall–Kier alpha value is -3.91. The number of H-pyrrole nitrogens is 1. The summed E-state index contributed by atoms with van der Waals surface area (Å²) < 4.78 is 0. The van der Waals surface area contributed by atoms with Crippen LogP contribution < -0.4 is 16.6 Å². The molecular formula is C34H40N4O4. The number of phenols is 1. The lowest BCUT2D eigenvalue weighted by molar-refractivity contribution is -0.119. The molecule has 8 nitrogen and oxygen atoms in total. The smallest absolute Gasteiger partial charge is 0.261 e. The van der Waals surface area contributed by atoms with Crippen molar-refractivity contribution in [1.82, 2.24) is 15.2 Å². The molecule has 2 fully saturated rings. The monoisotopic (exact) mass is 568 g/mol. The number of amides is 2. The Labute approximate surface area is 246 Å². The van der Waals surface area contributed by atoms with Crippen molar-refractivity contribution < 1.29 is 14.7 Å². The summed E-state index contributed by atoms with van der Waals surface area (Å²) in [5.74, 6) is 0.00378. The van der Waals surface area contributed by atoms with E-state index >= 15 is 0 Å². The Bertz CT molecular complexity index is 1560. The second-order valence-corrected chi connectivity index (χ2v) is 12.7. The number of likely N-dealkylation sites (tertiary alicyclic amines) is 1. The number of aromatic amines is 1. The third-order valence-electron chi connectivity index (χ3n) is 9.98. The lowest BCUT2D eigenvalue weighted by Crippen LogP contribution is -2.59. The summed E-state index contributed by atoms with van der Waals surface area (Å²) in [6.07, 6.45) is 5.10.